The second-order valence-corrected chi connectivity index (χ2v) is 5.52. The molecular weight excluding hydrogens is 202 g/mol. The van der Waals surface area contributed by atoms with Crippen molar-refractivity contribution in [2.75, 3.05) is 13.7 Å². The van der Waals surface area contributed by atoms with Crippen LogP contribution < -0.4 is 0 Å². The van der Waals surface area contributed by atoms with E-state index >= 15 is 0 Å². The number of nitrogens with zero attached hydrogens (tertiary/aromatic N) is 1. The Balaban J connectivity index is 1.58. The van der Waals surface area contributed by atoms with E-state index in [-0.39, 0.29) is 6.29 Å². The summed E-state index contributed by atoms with van der Waals surface area (Å²) in [6.07, 6.45) is 9.36. The van der Waals surface area contributed by atoms with Gasteiger partial charge in [-0.05, 0) is 45.6 Å². The van der Waals surface area contributed by atoms with Crippen molar-refractivity contribution in [1.29, 1.82) is 0 Å². The van der Waals surface area contributed by atoms with E-state index in [1.165, 1.54) is 38.5 Å². The van der Waals surface area contributed by atoms with Crippen LogP contribution in [0.15, 0.2) is 0 Å². The van der Waals surface area contributed by atoms with E-state index < -0.39 is 0 Å². The minimum atomic E-state index is 0.0894. The van der Waals surface area contributed by atoms with E-state index in [1.54, 1.807) is 0 Å². The van der Waals surface area contributed by atoms with Gasteiger partial charge in [0.2, 0.25) is 0 Å². The molecule has 3 aliphatic rings. The third-order valence-corrected chi connectivity index (χ3v) is 4.53. The lowest BCUT2D eigenvalue weighted by Gasteiger charge is -2.33. The van der Waals surface area contributed by atoms with Crippen LogP contribution in [-0.4, -0.2) is 43.0 Å². The van der Waals surface area contributed by atoms with Gasteiger partial charge in [0.1, 0.15) is 0 Å². The van der Waals surface area contributed by atoms with Gasteiger partial charge in [-0.2, -0.15) is 0 Å². The van der Waals surface area contributed by atoms with Crippen molar-refractivity contribution in [2.24, 2.45) is 0 Å². The molecule has 4 atom stereocenters. The van der Waals surface area contributed by atoms with Crippen molar-refractivity contribution in [2.45, 2.75) is 69.4 Å². The van der Waals surface area contributed by atoms with Crippen LogP contribution in [0.4, 0.5) is 0 Å². The minimum Gasteiger partial charge on any atom is -0.353 e. The molecule has 0 aromatic carbocycles. The molecule has 3 saturated heterocycles. The molecule has 92 valence electrons. The van der Waals surface area contributed by atoms with Crippen LogP contribution in [0, 0.1) is 0 Å². The Hall–Kier alpha value is -0.120. The van der Waals surface area contributed by atoms with E-state index in [0.717, 1.165) is 19.1 Å². The first kappa shape index (κ1) is 11.0. The molecule has 0 aliphatic carbocycles. The summed E-state index contributed by atoms with van der Waals surface area (Å²) in [5.41, 5.74) is 0. The van der Waals surface area contributed by atoms with E-state index in [1.807, 2.05) is 0 Å². The number of likely N-dealkylation sites (N-methyl/N-ethyl adjacent to an activating group) is 1. The standard InChI is InChI=1S/C13H23NO2/c1-14-10-5-4-6-11(14)12(9-10)16-13-7-2-3-8-15-13/h10-13H,2-9H2,1H3/t10-,11+,12-,13?/m0/s1. The molecule has 0 spiro atoms. The van der Waals surface area contributed by atoms with Crippen molar-refractivity contribution in [3.05, 3.63) is 0 Å². The second-order valence-electron chi connectivity index (χ2n) is 5.52. The Morgan fingerprint density at radius 1 is 1.12 bits per heavy atom. The lowest BCUT2D eigenvalue weighted by Crippen LogP contribution is -2.41. The molecule has 0 aromatic heterocycles. The highest BCUT2D eigenvalue weighted by atomic mass is 16.7. The first-order valence-electron chi connectivity index (χ1n) is 6.83. The summed E-state index contributed by atoms with van der Waals surface area (Å²) in [6, 6.07) is 1.43. The molecule has 3 heterocycles. The molecule has 3 aliphatic heterocycles. The fourth-order valence-electron chi connectivity index (χ4n) is 3.56. The Morgan fingerprint density at radius 2 is 2.06 bits per heavy atom. The van der Waals surface area contributed by atoms with Gasteiger partial charge in [0.25, 0.3) is 0 Å². The third kappa shape index (κ3) is 2.01. The first-order valence-corrected chi connectivity index (χ1v) is 6.83. The van der Waals surface area contributed by atoms with Gasteiger partial charge in [-0.3, -0.25) is 4.90 Å². The molecule has 1 unspecified atom stereocenters. The predicted octanol–water partition coefficient (Wildman–Crippen LogP) is 2.15. The minimum absolute atomic E-state index is 0.0894. The molecule has 3 nitrogen and oxygen atoms in total. The van der Waals surface area contributed by atoms with Crippen LogP contribution in [0.1, 0.15) is 44.9 Å². The maximum atomic E-state index is 6.17. The lowest BCUT2D eigenvalue weighted by atomic mass is 10.0. The van der Waals surface area contributed by atoms with Crippen LogP contribution in [-0.2, 0) is 9.47 Å². The quantitative estimate of drug-likeness (QED) is 0.719. The molecule has 3 rings (SSSR count). The van der Waals surface area contributed by atoms with E-state index in [0.29, 0.717) is 12.1 Å². The average Bonchev–Trinajstić information content (AvgIpc) is 2.51. The Morgan fingerprint density at radius 3 is 2.81 bits per heavy atom. The van der Waals surface area contributed by atoms with Gasteiger partial charge in [-0.1, -0.05) is 6.42 Å². The molecule has 0 N–H and O–H groups in total. The normalized spacial score (nSPS) is 44.8. The number of piperidine rings is 1. The zero-order valence-corrected chi connectivity index (χ0v) is 10.2. The summed E-state index contributed by atoms with van der Waals surface area (Å²) < 4.78 is 11.9. The molecular formula is C13H23NO2. The lowest BCUT2D eigenvalue weighted by molar-refractivity contribution is -0.191. The fourth-order valence-corrected chi connectivity index (χ4v) is 3.56. The SMILES string of the molecule is CN1[C@H]2CCC[C@@H]1[C@@H](OC1CCCCO1)C2. The van der Waals surface area contributed by atoms with Gasteiger partial charge in [0, 0.05) is 18.7 Å². The zero-order chi connectivity index (χ0) is 11.0. The van der Waals surface area contributed by atoms with E-state index in [9.17, 15) is 0 Å². The second kappa shape index (κ2) is 4.63. The fraction of sp³-hybridized carbons (Fsp3) is 1.00. The van der Waals surface area contributed by atoms with Gasteiger partial charge in [0.05, 0.1) is 6.10 Å². The summed E-state index contributed by atoms with van der Waals surface area (Å²) in [5.74, 6) is 0. The number of fused-ring (bicyclic) bond motifs is 2. The largest absolute Gasteiger partial charge is 0.353 e. The topological polar surface area (TPSA) is 21.7 Å². The summed E-state index contributed by atoms with van der Waals surface area (Å²) in [7, 11) is 2.26. The number of hydrogen-bond acceptors (Lipinski definition) is 3. The van der Waals surface area contributed by atoms with E-state index in [2.05, 4.69) is 11.9 Å². The molecule has 0 aromatic rings. The van der Waals surface area contributed by atoms with Gasteiger partial charge in [-0.25, -0.2) is 0 Å². The highest BCUT2D eigenvalue weighted by molar-refractivity contribution is 4.96. The Kier molecular flexibility index (Phi) is 3.18. The van der Waals surface area contributed by atoms with Crippen LogP contribution in [0.5, 0.6) is 0 Å². The number of hydrogen-bond donors (Lipinski definition) is 0. The highest BCUT2D eigenvalue weighted by Gasteiger charge is 2.43. The van der Waals surface area contributed by atoms with Crippen LogP contribution in [0.25, 0.3) is 0 Å². The smallest absolute Gasteiger partial charge is 0.158 e. The van der Waals surface area contributed by atoms with Crippen LogP contribution >= 0.6 is 0 Å². The molecule has 2 bridgehead atoms. The number of ether oxygens (including phenoxy) is 2. The van der Waals surface area contributed by atoms with Gasteiger partial charge < -0.3 is 9.47 Å². The predicted molar refractivity (Wildman–Crippen MR) is 62.3 cm³/mol. The molecule has 0 amide bonds. The van der Waals surface area contributed by atoms with Gasteiger partial charge >= 0.3 is 0 Å². The van der Waals surface area contributed by atoms with Crippen LogP contribution in [0.2, 0.25) is 0 Å². The monoisotopic (exact) mass is 225 g/mol. The van der Waals surface area contributed by atoms with Crippen molar-refractivity contribution in [3.63, 3.8) is 0 Å². The summed E-state index contributed by atoms with van der Waals surface area (Å²) in [6.45, 7) is 0.890. The summed E-state index contributed by atoms with van der Waals surface area (Å²) >= 11 is 0. The summed E-state index contributed by atoms with van der Waals surface area (Å²) in [4.78, 5) is 2.54. The van der Waals surface area contributed by atoms with Crippen molar-refractivity contribution >= 4 is 0 Å². The van der Waals surface area contributed by atoms with Crippen molar-refractivity contribution in [3.8, 4) is 0 Å². The molecule has 0 saturated carbocycles. The first-order chi connectivity index (χ1) is 7.84. The number of rotatable bonds is 2. The molecule has 0 radical (unpaired) electrons. The Bertz CT molecular complexity index is 240. The molecule has 3 fully saturated rings. The van der Waals surface area contributed by atoms with Gasteiger partial charge in [-0.15, -0.1) is 0 Å². The van der Waals surface area contributed by atoms with Crippen molar-refractivity contribution in [1.82, 2.24) is 4.90 Å². The average molecular weight is 225 g/mol. The molecule has 16 heavy (non-hydrogen) atoms. The summed E-state index contributed by atoms with van der Waals surface area (Å²) in [5, 5.41) is 0. The van der Waals surface area contributed by atoms with Crippen LogP contribution in [0.3, 0.4) is 0 Å². The molecule has 3 heteroatoms. The Labute approximate surface area is 98.1 Å². The zero-order valence-electron chi connectivity index (χ0n) is 10.2. The van der Waals surface area contributed by atoms with E-state index in [4.69, 9.17) is 9.47 Å². The van der Waals surface area contributed by atoms with Gasteiger partial charge in [0.15, 0.2) is 6.29 Å². The maximum Gasteiger partial charge on any atom is 0.158 e. The maximum absolute atomic E-state index is 6.17. The third-order valence-electron chi connectivity index (χ3n) is 4.53. The highest BCUT2D eigenvalue weighted by Crippen LogP contribution is 2.37. The van der Waals surface area contributed by atoms with Crippen molar-refractivity contribution < 1.29 is 9.47 Å².